The third-order valence-electron chi connectivity index (χ3n) is 2.32. The average Bonchev–Trinajstić information content (AvgIpc) is 2.40. The maximum absolute atomic E-state index is 13.5. The number of rotatable bonds is 4. The van der Waals surface area contributed by atoms with Gasteiger partial charge >= 0.3 is 0 Å². The van der Waals surface area contributed by atoms with Crippen LogP contribution in [0, 0.1) is 5.82 Å². The fraction of sp³-hybridized carbons (Fsp3) is 0.231. The van der Waals surface area contributed by atoms with Crippen LogP contribution in [-0.4, -0.2) is 16.6 Å². The molecule has 0 radical (unpaired) electrons. The first-order valence-corrected chi connectivity index (χ1v) is 5.99. The highest BCUT2D eigenvalue weighted by atomic mass is 35.5. The number of aromatic nitrogens is 2. The lowest BCUT2D eigenvalue weighted by molar-refractivity contribution is 0.317. The Bertz CT molecular complexity index is 531. The van der Waals surface area contributed by atoms with Gasteiger partial charge in [0.15, 0.2) is 5.82 Å². The summed E-state index contributed by atoms with van der Waals surface area (Å²) in [7, 11) is 0. The number of hydrogen-bond acceptors (Lipinski definition) is 3. The molecule has 18 heavy (non-hydrogen) atoms. The minimum absolute atomic E-state index is 0.0257. The van der Waals surface area contributed by atoms with Crippen molar-refractivity contribution in [1.29, 1.82) is 0 Å². The Balaban J connectivity index is 2.25. The molecule has 0 aliphatic rings. The molecule has 94 valence electrons. The van der Waals surface area contributed by atoms with Crippen molar-refractivity contribution >= 4 is 11.6 Å². The van der Waals surface area contributed by atoms with Crippen LogP contribution in [0.25, 0.3) is 11.3 Å². The fourth-order valence-corrected chi connectivity index (χ4v) is 1.61. The number of ether oxygens (including phenoxy) is 1. The number of benzene rings is 1. The molecule has 2 aromatic rings. The lowest BCUT2D eigenvalue weighted by Gasteiger charge is -2.06. The van der Waals surface area contributed by atoms with Gasteiger partial charge in [-0.3, -0.25) is 0 Å². The van der Waals surface area contributed by atoms with Gasteiger partial charge in [-0.25, -0.2) is 14.4 Å². The zero-order valence-electron chi connectivity index (χ0n) is 9.86. The van der Waals surface area contributed by atoms with Crippen molar-refractivity contribution in [3.63, 3.8) is 0 Å². The van der Waals surface area contributed by atoms with Crippen molar-refractivity contribution in [2.75, 3.05) is 6.61 Å². The summed E-state index contributed by atoms with van der Waals surface area (Å²) in [6.07, 6.45) is 2.00. The van der Waals surface area contributed by atoms with Gasteiger partial charge in [-0.05, 0) is 42.3 Å². The second-order valence-electron chi connectivity index (χ2n) is 3.71. The van der Waals surface area contributed by atoms with Crippen molar-refractivity contribution in [1.82, 2.24) is 9.97 Å². The lowest BCUT2D eigenvalue weighted by Crippen LogP contribution is -1.95. The SMILES string of the molecule is CCCOc1ccc(-c2nc(Cl)ncc2F)cc1. The van der Waals surface area contributed by atoms with E-state index in [1.807, 2.05) is 6.92 Å². The zero-order chi connectivity index (χ0) is 13.0. The molecule has 0 aliphatic carbocycles. The Morgan fingerprint density at radius 3 is 2.67 bits per heavy atom. The summed E-state index contributed by atoms with van der Waals surface area (Å²) in [5.74, 6) is 0.253. The molecule has 0 fully saturated rings. The third-order valence-corrected chi connectivity index (χ3v) is 2.50. The number of hydrogen-bond donors (Lipinski definition) is 0. The molecule has 0 aliphatic heterocycles. The Hall–Kier alpha value is -1.68. The van der Waals surface area contributed by atoms with Gasteiger partial charge < -0.3 is 4.74 Å². The van der Waals surface area contributed by atoms with Crippen LogP contribution in [0.1, 0.15) is 13.3 Å². The Morgan fingerprint density at radius 2 is 2.00 bits per heavy atom. The molecule has 0 spiro atoms. The summed E-state index contributed by atoms with van der Waals surface area (Å²) in [4.78, 5) is 7.45. The molecule has 2 rings (SSSR count). The topological polar surface area (TPSA) is 35.0 Å². The minimum Gasteiger partial charge on any atom is -0.494 e. The number of halogens is 2. The first kappa shape index (κ1) is 12.8. The van der Waals surface area contributed by atoms with Gasteiger partial charge in [0.2, 0.25) is 5.28 Å². The van der Waals surface area contributed by atoms with Crippen molar-refractivity contribution in [3.05, 3.63) is 41.6 Å². The van der Waals surface area contributed by atoms with E-state index < -0.39 is 5.82 Å². The monoisotopic (exact) mass is 266 g/mol. The summed E-state index contributed by atoms with van der Waals surface area (Å²) >= 11 is 5.65. The van der Waals surface area contributed by atoms with Gasteiger partial charge in [0.05, 0.1) is 12.8 Å². The van der Waals surface area contributed by atoms with Gasteiger partial charge in [0, 0.05) is 5.56 Å². The van der Waals surface area contributed by atoms with Crippen molar-refractivity contribution < 1.29 is 9.13 Å². The van der Waals surface area contributed by atoms with E-state index in [1.165, 1.54) is 0 Å². The van der Waals surface area contributed by atoms with Crippen LogP contribution in [0.2, 0.25) is 5.28 Å². The van der Waals surface area contributed by atoms with Crippen molar-refractivity contribution in [3.8, 4) is 17.0 Å². The summed E-state index contributed by atoms with van der Waals surface area (Å²) in [5.41, 5.74) is 0.831. The van der Waals surface area contributed by atoms with E-state index in [4.69, 9.17) is 16.3 Å². The maximum atomic E-state index is 13.5. The normalized spacial score (nSPS) is 10.4. The van der Waals surface area contributed by atoms with E-state index in [9.17, 15) is 4.39 Å². The van der Waals surface area contributed by atoms with E-state index in [1.54, 1.807) is 24.3 Å². The van der Waals surface area contributed by atoms with Gasteiger partial charge in [-0.15, -0.1) is 0 Å². The quantitative estimate of drug-likeness (QED) is 0.791. The highest BCUT2D eigenvalue weighted by Crippen LogP contribution is 2.23. The van der Waals surface area contributed by atoms with Crippen molar-refractivity contribution in [2.45, 2.75) is 13.3 Å². The second-order valence-corrected chi connectivity index (χ2v) is 4.05. The predicted octanol–water partition coefficient (Wildman–Crippen LogP) is 3.72. The van der Waals surface area contributed by atoms with E-state index >= 15 is 0 Å². The molecule has 5 heteroatoms. The van der Waals surface area contributed by atoms with Gasteiger partial charge in [0.1, 0.15) is 11.4 Å². The summed E-state index contributed by atoms with van der Waals surface area (Å²) in [6, 6.07) is 7.04. The highest BCUT2D eigenvalue weighted by molar-refractivity contribution is 6.28. The Morgan fingerprint density at radius 1 is 1.28 bits per heavy atom. The maximum Gasteiger partial charge on any atom is 0.223 e. The van der Waals surface area contributed by atoms with Crippen LogP contribution in [-0.2, 0) is 0 Å². The molecule has 0 unspecified atom stereocenters. The van der Waals surface area contributed by atoms with Crippen LogP contribution in [0.5, 0.6) is 5.75 Å². The molecule has 0 atom stereocenters. The standard InChI is InChI=1S/C13H12ClFN2O/c1-2-7-18-10-5-3-9(4-6-10)12-11(15)8-16-13(14)17-12/h3-6,8H,2,7H2,1H3. The molecule has 0 saturated heterocycles. The lowest BCUT2D eigenvalue weighted by atomic mass is 10.1. The minimum atomic E-state index is -0.498. The van der Waals surface area contributed by atoms with E-state index in [2.05, 4.69) is 9.97 Å². The van der Waals surface area contributed by atoms with Crippen LogP contribution >= 0.6 is 11.6 Å². The molecule has 1 aromatic heterocycles. The smallest absolute Gasteiger partial charge is 0.223 e. The Labute approximate surface area is 110 Å². The third kappa shape index (κ3) is 2.96. The molecule has 1 aromatic carbocycles. The Kier molecular flexibility index (Phi) is 4.10. The summed E-state index contributed by atoms with van der Waals surface area (Å²) in [5, 5.41) is 0.0257. The molecule has 1 heterocycles. The first-order valence-electron chi connectivity index (χ1n) is 5.62. The fourth-order valence-electron chi connectivity index (χ4n) is 1.48. The van der Waals surface area contributed by atoms with E-state index in [0.29, 0.717) is 12.2 Å². The van der Waals surface area contributed by atoms with Gasteiger partial charge in [-0.2, -0.15) is 0 Å². The molecule has 0 saturated carbocycles. The van der Waals surface area contributed by atoms with Crippen LogP contribution < -0.4 is 4.74 Å². The molecular weight excluding hydrogens is 255 g/mol. The second kappa shape index (κ2) is 5.78. The summed E-state index contributed by atoms with van der Waals surface area (Å²) in [6.45, 7) is 2.69. The summed E-state index contributed by atoms with van der Waals surface area (Å²) < 4.78 is 19.0. The van der Waals surface area contributed by atoms with E-state index in [-0.39, 0.29) is 11.0 Å². The average molecular weight is 267 g/mol. The van der Waals surface area contributed by atoms with Crippen molar-refractivity contribution in [2.24, 2.45) is 0 Å². The molecule has 3 nitrogen and oxygen atoms in total. The van der Waals surface area contributed by atoms with E-state index in [0.717, 1.165) is 18.4 Å². The highest BCUT2D eigenvalue weighted by Gasteiger charge is 2.08. The molecule has 0 N–H and O–H groups in total. The van der Waals surface area contributed by atoms with Crippen LogP contribution in [0.4, 0.5) is 4.39 Å². The zero-order valence-corrected chi connectivity index (χ0v) is 10.6. The molecule has 0 bridgehead atoms. The largest absolute Gasteiger partial charge is 0.494 e. The van der Waals surface area contributed by atoms with Crippen LogP contribution in [0.15, 0.2) is 30.5 Å². The predicted molar refractivity (Wildman–Crippen MR) is 68.2 cm³/mol. The first-order chi connectivity index (χ1) is 8.70. The van der Waals surface area contributed by atoms with Gasteiger partial charge in [0.25, 0.3) is 0 Å². The van der Waals surface area contributed by atoms with Crippen LogP contribution in [0.3, 0.4) is 0 Å². The van der Waals surface area contributed by atoms with Gasteiger partial charge in [-0.1, -0.05) is 6.92 Å². The molecular formula is C13H12ClFN2O. The molecule has 0 amide bonds. The number of nitrogens with zero attached hydrogens (tertiary/aromatic N) is 2.